The van der Waals surface area contributed by atoms with Gasteiger partial charge >= 0.3 is 0 Å². The Kier molecular flexibility index (Phi) is 5.90. The maximum absolute atomic E-state index is 12.6. The smallest absolute Gasteiger partial charge is 0.298 e. The van der Waals surface area contributed by atoms with E-state index in [0.29, 0.717) is 30.2 Å². The highest BCUT2D eigenvalue weighted by molar-refractivity contribution is 6.05. The first-order chi connectivity index (χ1) is 17.0. The largest absolute Gasteiger partial charge is 0.383 e. The molecule has 4 aromatic rings. The van der Waals surface area contributed by atoms with Crippen molar-refractivity contribution in [1.29, 1.82) is 0 Å². The van der Waals surface area contributed by atoms with Crippen LogP contribution in [0.25, 0.3) is 22.2 Å². The molecule has 1 fully saturated rings. The van der Waals surface area contributed by atoms with Crippen LogP contribution in [0.3, 0.4) is 0 Å². The van der Waals surface area contributed by atoms with Gasteiger partial charge in [0, 0.05) is 36.1 Å². The van der Waals surface area contributed by atoms with Gasteiger partial charge in [-0.1, -0.05) is 36.3 Å². The molecule has 0 saturated carbocycles. The minimum atomic E-state index is -0.190. The number of hydrogen-bond acceptors (Lipinski definition) is 5. The Balaban J connectivity index is 1.45. The van der Waals surface area contributed by atoms with Crippen LogP contribution in [0.5, 0.6) is 0 Å². The predicted octanol–water partition coefficient (Wildman–Crippen LogP) is 3.73. The van der Waals surface area contributed by atoms with Crippen molar-refractivity contribution in [3.63, 3.8) is 0 Å². The fourth-order valence-electron chi connectivity index (χ4n) is 4.41. The van der Waals surface area contributed by atoms with Gasteiger partial charge in [-0.15, -0.1) is 0 Å². The summed E-state index contributed by atoms with van der Waals surface area (Å²) >= 11 is 0. The van der Waals surface area contributed by atoms with Crippen LogP contribution < -0.4 is 11.1 Å². The number of rotatable bonds is 4. The molecule has 5 rings (SSSR count). The molecule has 1 atom stereocenters. The minimum absolute atomic E-state index is 0.00609. The molecule has 174 valence electrons. The normalized spacial score (nSPS) is 15.0. The first kappa shape index (κ1) is 22.2. The summed E-state index contributed by atoms with van der Waals surface area (Å²) in [6.07, 6.45) is 2.44. The molecule has 1 aliphatic heterocycles. The summed E-state index contributed by atoms with van der Waals surface area (Å²) in [5, 5.41) is 8.55. The molecule has 0 aliphatic carbocycles. The van der Waals surface area contributed by atoms with E-state index in [-0.39, 0.29) is 17.9 Å². The Morgan fingerprint density at radius 2 is 1.86 bits per heavy atom. The topological polar surface area (TPSA) is 106 Å². The highest BCUT2D eigenvalue weighted by Crippen LogP contribution is 2.35. The Hall–Kier alpha value is -4.64. The van der Waals surface area contributed by atoms with E-state index >= 15 is 0 Å². The quantitative estimate of drug-likeness (QED) is 0.448. The fraction of sp³-hybridized carbons (Fsp3) is 0.185. The summed E-state index contributed by atoms with van der Waals surface area (Å²) < 4.78 is 1.94. The summed E-state index contributed by atoms with van der Waals surface area (Å²) in [5.74, 6) is 5.31. The van der Waals surface area contributed by atoms with Gasteiger partial charge in [-0.3, -0.25) is 14.3 Å². The van der Waals surface area contributed by atoms with Crippen LogP contribution in [0.4, 0.5) is 11.5 Å². The van der Waals surface area contributed by atoms with Crippen molar-refractivity contribution in [3.8, 4) is 23.1 Å². The number of amides is 2. The third-order valence-electron chi connectivity index (χ3n) is 6.13. The van der Waals surface area contributed by atoms with Crippen LogP contribution in [0, 0.1) is 11.8 Å². The number of anilines is 2. The number of nitrogens with two attached hydrogens (primary N) is 1. The zero-order chi connectivity index (χ0) is 24.4. The molecule has 8 nitrogen and oxygen atoms in total. The molecule has 1 aliphatic rings. The van der Waals surface area contributed by atoms with E-state index in [0.717, 1.165) is 28.6 Å². The van der Waals surface area contributed by atoms with E-state index in [2.05, 4.69) is 22.1 Å². The summed E-state index contributed by atoms with van der Waals surface area (Å²) in [5.41, 5.74) is 9.93. The molecule has 35 heavy (non-hydrogen) atoms. The monoisotopic (exact) mass is 464 g/mol. The molecule has 1 unspecified atom stereocenters. The number of likely N-dealkylation sites (tertiary alicyclic amines) is 1. The second-order valence-corrected chi connectivity index (χ2v) is 8.35. The molecule has 8 heteroatoms. The Bertz CT molecular complexity index is 1460. The lowest BCUT2D eigenvalue weighted by atomic mass is 10.1. The zero-order valence-electron chi connectivity index (χ0n) is 19.2. The van der Waals surface area contributed by atoms with Crippen molar-refractivity contribution in [2.45, 2.75) is 19.4 Å². The maximum Gasteiger partial charge on any atom is 0.298 e. The Morgan fingerprint density at radius 3 is 2.60 bits per heavy atom. The number of nitrogens with zero attached hydrogens (tertiary/aromatic N) is 4. The maximum atomic E-state index is 12.6. The van der Waals surface area contributed by atoms with Gasteiger partial charge in [0.1, 0.15) is 11.5 Å². The van der Waals surface area contributed by atoms with E-state index in [1.165, 1.54) is 0 Å². The van der Waals surface area contributed by atoms with Crippen LogP contribution in [0.15, 0.2) is 66.9 Å². The summed E-state index contributed by atoms with van der Waals surface area (Å²) in [7, 11) is 0. The lowest BCUT2D eigenvalue weighted by Gasteiger charge is -2.14. The average Bonchev–Trinajstić information content (AvgIpc) is 3.51. The van der Waals surface area contributed by atoms with Crippen molar-refractivity contribution in [2.24, 2.45) is 0 Å². The summed E-state index contributed by atoms with van der Waals surface area (Å²) in [6.45, 7) is 2.82. The highest BCUT2D eigenvalue weighted by Gasteiger charge is 2.29. The number of para-hydroxylation sites is 1. The van der Waals surface area contributed by atoms with Crippen LogP contribution in [0.2, 0.25) is 0 Å². The highest BCUT2D eigenvalue weighted by atomic mass is 16.2. The predicted molar refractivity (Wildman–Crippen MR) is 135 cm³/mol. The van der Waals surface area contributed by atoms with Gasteiger partial charge in [-0.25, -0.2) is 4.98 Å². The molecule has 0 radical (unpaired) electrons. The summed E-state index contributed by atoms with van der Waals surface area (Å²) in [4.78, 5) is 30.9. The van der Waals surface area contributed by atoms with Crippen molar-refractivity contribution >= 4 is 34.2 Å². The first-order valence-electron chi connectivity index (χ1n) is 11.4. The summed E-state index contributed by atoms with van der Waals surface area (Å²) in [6, 6.07) is 18.5. The van der Waals surface area contributed by atoms with Gasteiger partial charge in [-0.2, -0.15) is 5.10 Å². The number of fused-ring (bicyclic) bond motifs is 1. The van der Waals surface area contributed by atoms with Crippen LogP contribution in [0.1, 0.15) is 29.7 Å². The molecule has 3 N–H and O–H groups in total. The average molecular weight is 465 g/mol. The second-order valence-electron chi connectivity index (χ2n) is 8.35. The van der Waals surface area contributed by atoms with Gasteiger partial charge in [0.15, 0.2) is 0 Å². The Labute approximate surface area is 202 Å². The van der Waals surface area contributed by atoms with Crippen molar-refractivity contribution in [1.82, 2.24) is 19.7 Å². The first-order valence-corrected chi connectivity index (χ1v) is 11.4. The van der Waals surface area contributed by atoms with Gasteiger partial charge in [0.25, 0.3) is 11.8 Å². The van der Waals surface area contributed by atoms with E-state index in [1.807, 2.05) is 53.2 Å². The van der Waals surface area contributed by atoms with Crippen LogP contribution in [-0.4, -0.2) is 44.6 Å². The molecule has 3 heterocycles. The third-order valence-corrected chi connectivity index (χ3v) is 6.13. The molecule has 0 spiro atoms. The number of nitrogen functional groups attached to an aromatic ring is 1. The SMILES string of the molecule is CC#CC(=O)N1CCC(n2nc(-c3ccc(C(=O)Nc4ccccc4)cc3)c3c(N)nccc32)C1. The van der Waals surface area contributed by atoms with Crippen molar-refractivity contribution < 1.29 is 9.59 Å². The van der Waals surface area contributed by atoms with Crippen LogP contribution >= 0.6 is 0 Å². The number of pyridine rings is 1. The van der Waals surface area contributed by atoms with E-state index in [4.69, 9.17) is 10.8 Å². The van der Waals surface area contributed by atoms with Crippen molar-refractivity contribution in [3.05, 3.63) is 72.4 Å². The molecule has 2 aromatic heterocycles. The van der Waals surface area contributed by atoms with Crippen LogP contribution in [-0.2, 0) is 4.79 Å². The van der Waals surface area contributed by atoms with E-state index in [1.54, 1.807) is 30.2 Å². The van der Waals surface area contributed by atoms with Gasteiger partial charge < -0.3 is 16.0 Å². The zero-order valence-corrected chi connectivity index (χ0v) is 19.2. The lowest BCUT2D eigenvalue weighted by molar-refractivity contribution is -0.124. The minimum Gasteiger partial charge on any atom is -0.383 e. The van der Waals surface area contributed by atoms with E-state index in [9.17, 15) is 9.59 Å². The molecule has 2 amide bonds. The number of carbonyl (C=O) groups is 2. The fourth-order valence-corrected chi connectivity index (χ4v) is 4.41. The number of carbonyl (C=O) groups excluding carboxylic acids is 2. The third kappa shape index (κ3) is 4.32. The van der Waals surface area contributed by atoms with Crippen molar-refractivity contribution in [2.75, 3.05) is 24.1 Å². The molecule has 1 saturated heterocycles. The van der Waals surface area contributed by atoms with Gasteiger partial charge in [-0.05, 0) is 49.6 Å². The molecular formula is C27H24N6O2. The number of nitrogens with one attached hydrogen (secondary N) is 1. The Morgan fingerprint density at radius 1 is 1.09 bits per heavy atom. The number of hydrogen-bond donors (Lipinski definition) is 2. The number of aromatic nitrogens is 3. The van der Waals surface area contributed by atoms with Gasteiger partial charge in [0.2, 0.25) is 0 Å². The van der Waals surface area contributed by atoms with Gasteiger partial charge in [0.05, 0.1) is 16.9 Å². The molecular weight excluding hydrogens is 440 g/mol. The standard InChI is InChI=1S/C27H24N6O2/c1-2-6-23(34)32-16-14-21(17-32)33-22-13-15-29-26(28)24(22)25(31-33)18-9-11-19(12-10-18)27(35)30-20-7-4-3-5-8-20/h3-5,7-13,15,21H,14,16-17H2,1H3,(H2,28,29)(H,30,35). The number of benzene rings is 2. The molecule has 2 aromatic carbocycles. The second kappa shape index (κ2) is 9.31. The van der Waals surface area contributed by atoms with E-state index < -0.39 is 0 Å². The molecule has 0 bridgehead atoms. The lowest BCUT2D eigenvalue weighted by Crippen LogP contribution is -2.27.